The summed E-state index contributed by atoms with van der Waals surface area (Å²) in [6, 6.07) is 5.91. The molecule has 6 nitrogen and oxygen atoms in total. The SMILES string of the molecule is Cc1csc(CN=C2NC(=O)/C(=C/c3ccc4ncsc4c3)N2)n1. The summed E-state index contributed by atoms with van der Waals surface area (Å²) in [7, 11) is 0. The van der Waals surface area contributed by atoms with Gasteiger partial charge in [0.2, 0.25) is 5.96 Å². The standard InChI is InChI=1S/C16H13N5OS2/c1-9-7-23-14(19-9)6-17-16-20-12(15(22)21-16)4-10-2-3-11-13(5-10)24-8-18-11/h2-5,7-8H,6H2,1H3,(H2,17,20,21,22)/b12-4-. The molecule has 8 heteroatoms. The van der Waals surface area contributed by atoms with Crippen LogP contribution in [-0.4, -0.2) is 21.8 Å². The van der Waals surface area contributed by atoms with Crippen LogP contribution in [-0.2, 0) is 11.3 Å². The van der Waals surface area contributed by atoms with Crippen molar-refractivity contribution >= 4 is 50.8 Å². The maximum Gasteiger partial charge on any atom is 0.274 e. The number of carbonyl (C=O) groups is 1. The number of benzene rings is 1. The summed E-state index contributed by atoms with van der Waals surface area (Å²) in [6.45, 7) is 2.39. The van der Waals surface area contributed by atoms with Crippen LogP contribution in [0.4, 0.5) is 0 Å². The second kappa shape index (κ2) is 6.14. The largest absolute Gasteiger partial charge is 0.321 e. The monoisotopic (exact) mass is 355 g/mol. The van der Waals surface area contributed by atoms with Gasteiger partial charge in [-0.15, -0.1) is 22.7 Å². The number of amides is 1. The van der Waals surface area contributed by atoms with Crippen molar-refractivity contribution < 1.29 is 4.79 Å². The number of aryl methyl sites for hydroxylation is 1. The highest BCUT2D eigenvalue weighted by atomic mass is 32.1. The summed E-state index contributed by atoms with van der Waals surface area (Å²) < 4.78 is 1.09. The van der Waals surface area contributed by atoms with Gasteiger partial charge in [-0.3, -0.25) is 10.1 Å². The van der Waals surface area contributed by atoms with Crippen LogP contribution in [0.1, 0.15) is 16.3 Å². The first-order valence-corrected chi connectivity index (χ1v) is 9.02. The summed E-state index contributed by atoms with van der Waals surface area (Å²) in [6.07, 6.45) is 1.81. The van der Waals surface area contributed by atoms with Gasteiger partial charge in [-0.05, 0) is 30.7 Å². The molecule has 0 aliphatic carbocycles. The molecule has 1 saturated heterocycles. The summed E-state index contributed by atoms with van der Waals surface area (Å²) >= 11 is 3.14. The molecule has 120 valence electrons. The zero-order valence-corrected chi connectivity index (χ0v) is 14.4. The molecule has 0 saturated carbocycles. The number of rotatable bonds is 3. The molecule has 24 heavy (non-hydrogen) atoms. The van der Waals surface area contributed by atoms with Gasteiger partial charge in [-0.2, -0.15) is 0 Å². The van der Waals surface area contributed by atoms with E-state index >= 15 is 0 Å². The van der Waals surface area contributed by atoms with Crippen LogP contribution >= 0.6 is 22.7 Å². The molecule has 1 amide bonds. The number of fused-ring (bicyclic) bond motifs is 1. The molecule has 0 radical (unpaired) electrons. The highest BCUT2D eigenvalue weighted by Gasteiger charge is 2.21. The molecular weight excluding hydrogens is 342 g/mol. The summed E-state index contributed by atoms with van der Waals surface area (Å²) in [5.74, 6) is 0.270. The Morgan fingerprint density at radius 2 is 2.21 bits per heavy atom. The molecule has 0 atom stereocenters. The van der Waals surface area contributed by atoms with Crippen molar-refractivity contribution in [1.29, 1.82) is 0 Å². The fraction of sp³-hybridized carbons (Fsp3) is 0.125. The minimum Gasteiger partial charge on any atom is -0.321 e. The molecule has 2 N–H and O–H groups in total. The fourth-order valence-corrected chi connectivity index (χ4v) is 3.74. The number of nitrogens with one attached hydrogen (secondary N) is 2. The van der Waals surface area contributed by atoms with E-state index < -0.39 is 0 Å². The normalized spacial score (nSPS) is 17.6. The van der Waals surface area contributed by atoms with Crippen molar-refractivity contribution in [2.75, 3.05) is 0 Å². The molecule has 1 aliphatic heterocycles. The molecule has 0 unspecified atom stereocenters. The Labute approximate surface area is 146 Å². The lowest BCUT2D eigenvalue weighted by molar-refractivity contribution is -0.115. The molecule has 1 aromatic carbocycles. The fourth-order valence-electron chi connectivity index (χ4n) is 2.32. The van der Waals surface area contributed by atoms with Gasteiger partial charge in [-0.1, -0.05) is 6.07 Å². The van der Waals surface area contributed by atoms with Gasteiger partial charge < -0.3 is 5.32 Å². The molecule has 0 spiro atoms. The van der Waals surface area contributed by atoms with Gasteiger partial charge in [0, 0.05) is 11.1 Å². The van der Waals surface area contributed by atoms with Gasteiger partial charge >= 0.3 is 0 Å². The van der Waals surface area contributed by atoms with Crippen molar-refractivity contribution in [2.24, 2.45) is 4.99 Å². The van der Waals surface area contributed by atoms with Crippen molar-refractivity contribution in [3.63, 3.8) is 0 Å². The molecule has 2 aromatic heterocycles. The van der Waals surface area contributed by atoms with E-state index in [4.69, 9.17) is 0 Å². The van der Waals surface area contributed by atoms with Gasteiger partial charge in [-0.25, -0.2) is 15.0 Å². The first-order valence-electron chi connectivity index (χ1n) is 7.26. The molecule has 3 aromatic rings. The smallest absolute Gasteiger partial charge is 0.274 e. The van der Waals surface area contributed by atoms with Crippen LogP contribution < -0.4 is 10.6 Å². The third kappa shape index (κ3) is 3.06. The van der Waals surface area contributed by atoms with Gasteiger partial charge in [0.25, 0.3) is 5.91 Å². The number of aliphatic imine (C=N–C) groups is 1. The third-order valence-corrected chi connectivity index (χ3v) is 5.18. The first kappa shape index (κ1) is 15.0. The van der Waals surface area contributed by atoms with E-state index in [1.54, 1.807) is 22.7 Å². The number of aromatic nitrogens is 2. The Balaban J connectivity index is 1.52. The van der Waals surface area contributed by atoms with Gasteiger partial charge in [0.15, 0.2) is 0 Å². The Kier molecular flexibility index (Phi) is 3.83. The minimum atomic E-state index is -0.187. The second-order valence-corrected chi connectivity index (χ2v) is 7.09. The highest BCUT2D eigenvalue weighted by Crippen LogP contribution is 2.20. The molecule has 1 fully saturated rings. The number of thiazole rings is 2. The van der Waals surface area contributed by atoms with E-state index in [1.165, 1.54) is 0 Å². The average Bonchev–Trinajstić information content (AvgIpc) is 3.26. The van der Waals surface area contributed by atoms with E-state index in [0.29, 0.717) is 18.2 Å². The summed E-state index contributed by atoms with van der Waals surface area (Å²) in [4.78, 5) is 25.0. The minimum absolute atomic E-state index is 0.187. The van der Waals surface area contributed by atoms with Gasteiger partial charge in [0.05, 0.1) is 22.3 Å². The Bertz CT molecular complexity index is 985. The van der Waals surface area contributed by atoms with E-state index in [-0.39, 0.29) is 5.91 Å². The lowest BCUT2D eigenvalue weighted by atomic mass is 10.2. The van der Waals surface area contributed by atoms with Crippen LogP contribution in [0.3, 0.4) is 0 Å². The van der Waals surface area contributed by atoms with E-state index in [9.17, 15) is 4.79 Å². The van der Waals surface area contributed by atoms with Crippen molar-refractivity contribution in [1.82, 2.24) is 20.6 Å². The zero-order valence-electron chi connectivity index (χ0n) is 12.7. The topological polar surface area (TPSA) is 79.3 Å². The summed E-state index contributed by atoms with van der Waals surface area (Å²) in [5.41, 5.74) is 5.19. The average molecular weight is 355 g/mol. The molecule has 1 aliphatic rings. The molecule has 4 rings (SSSR count). The molecule has 0 bridgehead atoms. The first-order chi connectivity index (χ1) is 11.7. The van der Waals surface area contributed by atoms with E-state index in [1.807, 2.05) is 42.1 Å². The Hall–Kier alpha value is -2.58. The summed E-state index contributed by atoms with van der Waals surface area (Å²) in [5, 5.41) is 8.66. The van der Waals surface area contributed by atoms with Crippen LogP contribution in [0.5, 0.6) is 0 Å². The molecule has 3 heterocycles. The number of guanidine groups is 1. The van der Waals surface area contributed by atoms with E-state index in [0.717, 1.165) is 26.5 Å². The van der Waals surface area contributed by atoms with Crippen molar-refractivity contribution in [3.8, 4) is 0 Å². The van der Waals surface area contributed by atoms with Crippen LogP contribution in [0.2, 0.25) is 0 Å². The van der Waals surface area contributed by atoms with Gasteiger partial charge in [0.1, 0.15) is 10.7 Å². The van der Waals surface area contributed by atoms with Crippen LogP contribution in [0.15, 0.2) is 39.8 Å². The lowest BCUT2D eigenvalue weighted by Crippen LogP contribution is -2.25. The second-order valence-electron chi connectivity index (χ2n) is 5.26. The number of hydrogen-bond acceptors (Lipinski definition) is 6. The van der Waals surface area contributed by atoms with Crippen LogP contribution in [0, 0.1) is 6.92 Å². The van der Waals surface area contributed by atoms with E-state index in [2.05, 4.69) is 25.6 Å². The number of nitrogens with zero attached hydrogens (tertiary/aromatic N) is 3. The molecular formula is C16H13N5OS2. The zero-order chi connectivity index (χ0) is 16.5. The predicted octanol–water partition coefficient (Wildman–Crippen LogP) is 2.68. The van der Waals surface area contributed by atoms with Crippen molar-refractivity contribution in [2.45, 2.75) is 13.5 Å². The van der Waals surface area contributed by atoms with Crippen molar-refractivity contribution in [3.05, 3.63) is 51.1 Å². The number of hydrogen-bond donors (Lipinski definition) is 2. The Morgan fingerprint density at radius 1 is 1.29 bits per heavy atom. The predicted molar refractivity (Wildman–Crippen MR) is 96.9 cm³/mol. The maximum atomic E-state index is 12.1. The maximum absolute atomic E-state index is 12.1. The third-order valence-electron chi connectivity index (χ3n) is 3.43. The van der Waals surface area contributed by atoms with Crippen LogP contribution in [0.25, 0.3) is 16.3 Å². The number of carbonyl (C=O) groups excluding carboxylic acids is 1. The quantitative estimate of drug-likeness (QED) is 0.708. The Morgan fingerprint density at radius 3 is 3.04 bits per heavy atom. The lowest BCUT2D eigenvalue weighted by Gasteiger charge is -1.98. The highest BCUT2D eigenvalue weighted by molar-refractivity contribution is 7.16.